The van der Waals surface area contributed by atoms with Crippen LogP contribution in [-0.4, -0.2) is 18.1 Å². The van der Waals surface area contributed by atoms with E-state index >= 15 is 0 Å². The minimum absolute atomic E-state index is 0.146. The summed E-state index contributed by atoms with van der Waals surface area (Å²) in [6, 6.07) is 19.9. The summed E-state index contributed by atoms with van der Waals surface area (Å²) in [5.74, 6) is -0.975. The summed E-state index contributed by atoms with van der Waals surface area (Å²) in [7, 11) is 1.39. The second-order valence-electron chi connectivity index (χ2n) is 5.37. The van der Waals surface area contributed by atoms with Gasteiger partial charge >= 0.3 is 5.97 Å². The van der Waals surface area contributed by atoms with Gasteiger partial charge in [0.05, 0.1) is 12.1 Å². The molecule has 0 aromatic heterocycles. The Morgan fingerprint density at radius 3 is 2.26 bits per heavy atom. The van der Waals surface area contributed by atoms with Crippen molar-refractivity contribution in [2.75, 3.05) is 7.11 Å². The molecule has 1 aliphatic heterocycles. The summed E-state index contributed by atoms with van der Waals surface area (Å²) in [5, 5.41) is 3.19. The Labute approximate surface area is 141 Å². The van der Waals surface area contributed by atoms with Gasteiger partial charge in [0.1, 0.15) is 5.92 Å². The van der Waals surface area contributed by atoms with Crippen LogP contribution in [0.1, 0.15) is 17.0 Å². The van der Waals surface area contributed by atoms with Crippen LogP contribution in [0.15, 0.2) is 66.7 Å². The van der Waals surface area contributed by atoms with Gasteiger partial charge in [-0.2, -0.15) is 0 Å². The van der Waals surface area contributed by atoms with Gasteiger partial charge in [-0.25, -0.2) is 0 Å². The molecule has 0 fully saturated rings. The number of hydrogen-bond acceptors (Lipinski definition) is 3. The first-order chi connectivity index (χ1) is 11.2. The van der Waals surface area contributed by atoms with Crippen LogP contribution in [0.3, 0.4) is 0 Å². The molecular formula is C19H17NO2S. The number of carbonyl (C=O) groups excluding carboxylic acids is 1. The highest BCUT2D eigenvalue weighted by atomic mass is 32.1. The van der Waals surface area contributed by atoms with E-state index in [1.165, 1.54) is 7.11 Å². The fourth-order valence-corrected chi connectivity index (χ4v) is 3.17. The second-order valence-corrected chi connectivity index (χ2v) is 5.81. The van der Waals surface area contributed by atoms with E-state index in [0.29, 0.717) is 4.99 Å². The highest BCUT2D eigenvalue weighted by molar-refractivity contribution is 7.80. The number of carbonyl (C=O) groups is 1. The molecule has 0 bridgehead atoms. The van der Waals surface area contributed by atoms with Crippen molar-refractivity contribution in [1.29, 1.82) is 0 Å². The van der Waals surface area contributed by atoms with Gasteiger partial charge in [0.25, 0.3) is 0 Å². The van der Waals surface area contributed by atoms with Crippen LogP contribution in [0.4, 0.5) is 0 Å². The zero-order valence-electron chi connectivity index (χ0n) is 12.7. The van der Waals surface area contributed by atoms with Gasteiger partial charge < -0.3 is 10.1 Å². The van der Waals surface area contributed by atoms with Crippen LogP contribution in [0.25, 0.3) is 5.70 Å². The fourth-order valence-electron chi connectivity index (χ4n) is 2.82. The van der Waals surface area contributed by atoms with Crippen molar-refractivity contribution in [2.24, 2.45) is 5.92 Å². The zero-order valence-corrected chi connectivity index (χ0v) is 13.5. The van der Waals surface area contributed by atoms with Crippen molar-refractivity contribution in [1.82, 2.24) is 5.32 Å². The molecule has 2 aromatic carbocycles. The van der Waals surface area contributed by atoms with Gasteiger partial charge in [-0.05, 0) is 11.1 Å². The molecule has 1 aliphatic rings. The first-order valence-corrected chi connectivity index (χ1v) is 7.82. The van der Waals surface area contributed by atoms with Gasteiger partial charge in [-0.1, -0.05) is 79.0 Å². The van der Waals surface area contributed by atoms with Gasteiger partial charge in [-0.15, -0.1) is 0 Å². The molecule has 2 aromatic rings. The number of benzene rings is 2. The van der Waals surface area contributed by atoms with Crippen LogP contribution >= 0.6 is 12.2 Å². The average molecular weight is 323 g/mol. The molecule has 4 heteroatoms. The first-order valence-electron chi connectivity index (χ1n) is 7.41. The summed E-state index contributed by atoms with van der Waals surface area (Å²) < 4.78 is 4.96. The van der Waals surface area contributed by atoms with Crippen LogP contribution in [0.2, 0.25) is 0 Å². The first kappa shape index (κ1) is 15.4. The number of esters is 1. The van der Waals surface area contributed by atoms with E-state index in [2.05, 4.69) is 11.4 Å². The van der Waals surface area contributed by atoms with Crippen LogP contribution < -0.4 is 5.32 Å². The minimum Gasteiger partial charge on any atom is -0.468 e. The average Bonchev–Trinajstić information content (AvgIpc) is 2.62. The lowest BCUT2D eigenvalue weighted by atomic mass is 9.82. The predicted molar refractivity (Wildman–Crippen MR) is 94.8 cm³/mol. The Morgan fingerprint density at radius 2 is 1.65 bits per heavy atom. The monoisotopic (exact) mass is 323 g/mol. The molecule has 0 amide bonds. The maximum absolute atomic E-state index is 12.2. The quantitative estimate of drug-likeness (QED) is 0.693. The van der Waals surface area contributed by atoms with E-state index in [-0.39, 0.29) is 11.9 Å². The second kappa shape index (κ2) is 6.75. The van der Waals surface area contributed by atoms with Crippen LogP contribution in [0, 0.1) is 5.92 Å². The van der Waals surface area contributed by atoms with E-state index in [4.69, 9.17) is 17.0 Å². The lowest BCUT2D eigenvalue weighted by Gasteiger charge is -2.30. The number of hydrogen-bond donors (Lipinski definition) is 1. The maximum atomic E-state index is 12.2. The molecule has 0 radical (unpaired) electrons. The van der Waals surface area contributed by atoms with Crippen molar-refractivity contribution in [3.8, 4) is 0 Å². The predicted octanol–water partition coefficient (Wildman–Crippen LogP) is 3.53. The molecule has 23 heavy (non-hydrogen) atoms. The summed E-state index contributed by atoms with van der Waals surface area (Å²) in [4.78, 5) is 12.7. The molecule has 0 spiro atoms. The summed E-state index contributed by atoms with van der Waals surface area (Å²) in [5.41, 5.74) is 3.00. The molecule has 2 unspecified atom stereocenters. The third-order valence-electron chi connectivity index (χ3n) is 3.97. The third kappa shape index (κ3) is 3.17. The Kier molecular flexibility index (Phi) is 4.53. The molecule has 2 atom stereocenters. The molecular weight excluding hydrogens is 306 g/mol. The van der Waals surface area contributed by atoms with Crippen molar-refractivity contribution in [3.63, 3.8) is 0 Å². The number of allylic oxidation sites excluding steroid dienone is 1. The van der Waals surface area contributed by atoms with Crippen LogP contribution in [0.5, 0.6) is 0 Å². The minimum atomic E-state index is -0.509. The normalized spacial score (nSPS) is 20.4. The number of ether oxygens (including phenoxy) is 1. The topological polar surface area (TPSA) is 38.3 Å². The van der Waals surface area contributed by atoms with Gasteiger partial charge in [-0.3, -0.25) is 4.79 Å². The number of methoxy groups -OCH3 is 1. The Balaban J connectivity index is 2.07. The van der Waals surface area contributed by atoms with E-state index in [1.54, 1.807) is 0 Å². The summed E-state index contributed by atoms with van der Waals surface area (Å²) >= 11 is 5.47. The van der Waals surface area contributed by atoms with Crippen molar-refractivity contribution in [3.05, 3.63) is 77.9 Å². The van der Waals surface area contributed by atoms with Gasteiger partial charge in [0.2, 0.25) is 0 Å². The molecule has 0 aliphatic carbocycles. The SMILES string of the molecule is COC(=O)C1C(=S)NC(c2ccccc2)=CC1c1ccccc1. The molecule has 0 saturated carbocycles. The van der Waals surface area contributed by atoms with Crippen LogP contribution in [-0.2, 0) is 9.53 Å². The molecule has 1 heterocycles. The lowest BCUT2D eigenvalue weighted by Crippen LogP contribution is -2.40. The molecule has 3 rings (SSSR count). The Morgan fingerprint density at radius 1 is 1.04 bits per heavy atom. The van der Waals surface area contributed by atoms with E-state index < -0.39 is 5.92 Å². The number of rotatable bonds is 3. The summed E-state index contributed by atoms with van der Waals surface area (Å²) in [6.45, 7) is 0. The van der Waals surface area contributed by atoms with E-state index in [1.807, 2.05) is 60.7 Å². The van der Waals surface area contributed by atoms with E-state index in [9.17, 15) is 4.79 Å². The third-order valence-corrected chi connectivity index (χ3v) is 4.33. The molecule has 1 N–H and O–H groups in total. The molecule has 0 saturated heterocycles. The zero-order chi connectivity index (χ0) is 16.2. The van der Waals surface area contributed by atoms with Crippen molar-refractivity contribution < 1.29 is 9.53 Å². The van der Waals surface area contributed by atoms with Gasteiger partial charge in [0, 0.05) is 11.6 Å². The largest absolute Gasteiger partial charge is 0.468 e. The smallest absolute Gasteiger partial charge is 0.316 e. The number of nitrogens with one attached hydrogen (secondary N) is 1. The number of thiocarbonyl (C=S) groups is 1. The molecule has 3 nitrogen and oxygen atoms in total. The Hall–Kier alpha value is -2.46. The molecule has 116 valence electrons. The lowest BCUT2D eigenvalue weighted by molar-refractivity contribution is -0.143. The van der Waals surface area contributed by atoms with Gasteiger partial charge in [0.15, 0.2) is 0 Å². The highest BCUT2D eigenvalue weighted by Gasteiger charge is 2.36. The maximum Gasteiger partial charge on any atom is 0.316 e. The van der Waals surface area contributed by atoms with E-state index in [0.717, 1.165) is 16.8 Å². The standard InChI is InChI=1S/C19H17NO2S/c1-22-19(21)17-15(13-8-4-2-5-9-13)12-16(20-18(17)23)14-10-6-3-7-11-14/h2-12,15,17H,1H3,(H,20,23). The van der Waals surface area contributed by atoms with Crippen molar-refractivity contribution in [2.45, 2.75) is 5.92 Å². The Bertz CT molecular complexity index is 740. The fraction of sp³-hybridized carbons (Fsp3) is 0.158. The highest BCUT2D eigenvalue weighted by Crippen LogP contribution is 2.34. The van der Waals surface area contributed by atoms with Crippen molar-refractivity contribution >= 4 is 28.9 Å². The summed E-state index contributed by atoms with van der Waals surface area (Å²) in [6.07, 6.45) is 2.06.